The van der Waals surface area contributed by atoms with E-state index < -0.39 is 5.91 Å². The van der Waals surface area contributed by atoms with Crippen LogP contribution in [0.5, 0.6) is 0 Å². The molecule has 0 aliphatic heterocycles. The second kappa shape index (κ2) is 9.47. The predicted molar refractivity (Wildman–Crippen MR) is 112 cm³/mol. The number of nitrogens with one attached hydrogen (secondary N) is 3. The number of anilines is 2. The SMILES string of the molecule is CCc1nc(C(N)=O)c(Nc2cccc(CCNC(=O)CNC)c2)nc1C1CC1. The highest BCUT2D eigenvalue weighted by Gasteiger charge is 2.30. The number of carbonyl (C=O) groups is 2. The molecule has 0 atom stereocenters. The van der Waals surface area contributed by atoms with E-state index in [0.717, 1.165) is 35.5 Å². The number of carbonyl (C=O) groups excluding carboxylic acids is 2. The van der Waals surface area contributed by atoms with E-state index in [1.807, 2.05) is 31.2 Å². The fourth-order valence-electron chi connectivity index (χ4n) is 3.20. The van der Waals surface area contributed by atoms with E-state index in [1.54, 1.807) is 7.05 Å². The second-order valence-corrected chi connectivity index (χ2v) is 7.20. The van der Waals surface area contributed by atoms with Gasteiger partial charge in [-0.05, 0) is 50.4 Å². The van der Waals surface area contributed by atoms with Crippen LogP contribution in [0.15, 0.2) is 24.3 Å². The van der Waals surface area contributed by atoms with Gasteiger partial charge in [-0.3, -0.25) is 9.59 Å². The van der Waals surface area contributed by atoms with Gasteiger partial charge < -0.3 is 21.7 Å². The Bertz CT molecular complexity index is 895. The van der Waals surface area contributed by atoms with Crippen LogP contribution in [-0.2, 0) is 17.6 Å². The summed E-state index contributed by atoms with van der Waals surface area (Å²) in [7, 11) is 1.74. The average Bonchev–Trinajstić information content (AvgIpc) is 3.53. The van der Waals surface area contributed by atoms with Crippen molar-refractivity contribution < 1.29 is 9.59 Å². The maximum atomic E-state index is 11.9. The Kier molecular flexibility index (Phi) is 6.77. The van der Waals surface area contributed by atoms with Crippen molar-refractivity contribution in [3.63, 3.8) is 0 Å². The van der Waals surface area contributed by atoms with Gasteiger partial charge in [0.05, 0.1) is 17.9 Å². The lowest BCUT2D eigenvalue weighted by Gasteiger charge is -2.14. The van der Waals surface area contributed by atoms with Crippen LogP contribution < -0.4 is 21.7 Å². The monoisotopic (exact) mass is 396 g/mol. The third kappa shape index (κ3) is 5.51. The zero-order valence-corrected chi connectivity index (χ0v) is 16.9. The van der Waals surface area contributed by atoms with Gasteiger partial charge >= 0.3 is 0 Å². The van der Waals surface area contributed by atoms with Crippen molar-refractivity contribution in [3.8, 4) is 0 Å². The first-order valence-corrected chi connectivity index (χ1v) is 9.99. The molecule has 1 saturated carbocycles. The number of likely N-dealkylation sites (N-methyl/N-ethyl adjacent to an activating group) is 1. The molecule has 154 valence electrons. The smallest absolute Gasteiger partial charge is 0.271 e. The molecule has 1 fully saturated rings. The molecule has 2 amide bonds. The molecule has 29 heavy (non-hydrogen) atoms. The van der Waals surface area contributed by atoms with Gasteiger partial charge in [0.25, 0.3) is 5.91 Å². The number of amides is 2. The van der Waals surface area contributed by atoms with Crippen LogP contribution in [0.1, 0.15) is 53.1 Å². The number of hydrogen-bond acceptors (Lipinski definition) is 6. The summed E-state index contributed by atoms with van der Waals surface area (Å²) < 4.78 is 0. The number of hydrogen-bond donors (Lipinski definition) is 4. The van der Waals surface area contributed by atoms with Crippen LogP contribution in [0.25, 0.3) is 0 Å². The Labute approximate surface area is 170 Å². The van der Waals surface area contributed by atoms with Gasteiger partial charge in [-0.25, -0.2) is 9.97 Å². The van der Waals surface area contributed by atoms with Gasteiger partial charge in [-0.15, -0.1) is 0 Å². The number of aryl methyl sites for hydroxylation is 1. The highest BCUT2D eigenvalue weighted by Crippen LogP contribution is 2.41. The third-order valence-corrected chi connectivity index (χ3v) is 4.79. The number of nitrogens with zero attached hydrogens (tertiary/aromatic N) is 2. The molecular formula is C21H28N6O2. The maximum Gasteiger partial charge on any atom is 0.271 e. The Morgan fingerprint density at radius 1 is 1.24 bits per heavy atom. The lowest BCUT2D eigenvalue weighted by Crippen LogP contribution is -2.33. The quantitative estimate of drug-likeness (QED) is 0.484. The molecule has 8 nitrogen and oxygen atoms in total. The van der Waals surface area contributed by atoms with Crippen molar-refractivity contribution in [2.45, 2.75) is 38.5 Å². The van der Waals surface area contributed by atoms with Gasteiger partial charge in [0.15, 0.2) is 11.5 Å². The van der Waals surface area contributed by atoms with E-state index in [2.05, 4.69) is 20.9 Å². The van der Waals surface area contributed by atoms with Crippen molar-refractivity contribution in [1.29, 1.82) is 0 Å². The summed E-state index contributed by atoms with van der Waals surface area (Å²) in [5, 5.41) is 8.89. The number of rotatable bonds is 10. The molecule has 8 heteroatoms. The Balaban J connectivity index is 1.76. The molecule has 1 aromatic carbocycles. The van der Waals surface area contributed by atoms with Gasteiger partial charge in [-0.1, -0.05) is 19.1 Å². The molecule has 1 aliphatic carbocycles. The third-order valence-electron chi connectivity index (χ3n) is 4.79. The Morgan fingerprint density at radius 2 is 2.03 bits per heavy atom. The average molecular weight is 396 g/mol. The van der Waals surface area contributed by atoms with Crippen molar-refractivity contribution in [2.24, 2.45) is 5.73 Å². The van der Waals surface area contributed by atoms with E-state index in [0.29, 0.717) is 37.7 Å². The lowest BCUT2D eigenvalue weighted by molar-refractivity contribution is -0.120. The largest absolute Gasteiger partial charge is 0.364 e. The fourth-order valence-corrected chi connectivity index (χ4v) is 3.20. The fraction of sp³-hybridized carbons (Fsp3) is 0.429. The summed E-state index contributed by atoms with van der Waals surface area (Å²) in [5.41, 5.74) is 9.38. The summed E-state index contributed by atoms with van der Waals surface area (Å²) in [6.45, 7) is 2.85. The van der Waals surface area contributed by atoms with Crippen LogP contribution in [0.3, 0.4) is 0 Å². The molecule has 5 N–H and O–H groups in total. The molecule has 1 aromatic heterocycles. The zero-order valence-electron chi connectivity index (χ0n) is 16.9. The van der Waals surface area contributed by atoms with Gasteiger partial charge in [0.1, 0.15) is 0 Å². The van der Waals surface area contributed by atoms with Crippen molar-refractivity contribution in [1.82, 2.24) is 20.6 Å². The first-order chi connectivity index (χ1) is 14.0. The molecule has 1 aliphatic rings. The van der Waals surface area contributed by atoms with Crippen LogP contribution >= 0.6 is 0 Å². The van der Waals surface area contributed by atoms with Crippen LogP contribution in [-0.4, -0.2) is 41.9 Å². The molecule has 0 saturated heterocycles. The first kappa shape index (κ1) is 20.7. The number of primary amides is 1. The van der Waals surface area contributed by atoms with Crippen molar-refractivity contribution >= 4 is 23.3 Å². The topological polar surface area (TPSA) is 122 Å². The summed E-state index contributed by atoms with van der Waals surface area (Å²) in [6, 6.07) is 7.79. The standard InChI is InChI=1S/C21H28N6O2/c1-3-16-18(14-7-8-14)27-21(19(26-16)20(22)29)25-15-6-4-5-13(11-15)9-10-24-17(28)12-23-2/h4-6,11,14,23H,3,7-10,12H2,1-2H3,(H2,22,29)(H,24,28)(H,25,27). The highest BCUT2D eigenvalue weighted by molar-refractivity contribution is 5.96. The molecule has 3 rings (SSSR count). The minimum Gasteiger partial charge on any atom is -0.364 e. The summed E-state index contributed by atoms with van der Waals surface area (Å²) in [4.78, 5) is 32.7. The minimum atomic E-state index is -0.597. The van der Waals surface area contributed by atoms with E-state index in [-0.39, 0.29) is 11.6 Å². The molecule has 1 heterocycles. The molecule has 2 aromatic rings. The van der Waals surface area contributed by atoms with Gasteiger partial charge in [0.2, 0.25) is 5.91 Å². The van der Waals surface area contributed by atoms with Crippen LogP contribution in [0, 0.1) is 0 Å². The molecule has 0 radical (unpaired) electrons. The van der Waals surface area contributed by atoms with Crippen molar-refractivity contribution in [2.75, 3.05) is 25.5 Å². The minimum absolute atomic E-state index is 0.0354. The normalized spacial score (nSPS) is 13.2. The second-order valence-electron chi connectivity index (χ2n) is 7.20. The highest BCUT2D eigenvalue weighted by atomic mass is 16.2. The first-order valence-electron chi connectivity index (χ1n) is 9.99. The Morgan fingerprint density at radius 3 is 2.69 bits per heavy atom. The summed E-state index contributed by atoms with van der Waals surface area (Å²) in [6.07, 6.45) is 3.62. The number of nitrogens with two attached hydrogens (primary N) is 1. The van der Waals surface area contributed by atoms with Crippen LogP contribution in [0.2, 0.25) is 0 Å². The summed E-state index contributed by atoms with van der Waals surface area (Å²) >= 11 is 0. The van der Waals surface area contributed by atoms with E-state index in [1.165, 1.54) is 0 Å². The molecule has 0 spiro atoms. The van der Waals surface area contributed by atoms with E-state index in [4.69, 9.17) is 10.7 Å². The van der Waals surface area contributed by atoms with Gasteiger partial charge in [-0.2, -0.15) is 0 Å². The molecular weight excluding hydrogens is 368 g/mol. The zero-order chi connectivity index (χ0) is 20.8. The number of benzene rings is 1. The van der Waals surface area contributed by atoms with Gasteiger partial charge in [0, 0.05) is 18.2 Å². The van der Waals surface area contributed by atoms with Crippen LogP contribution in [0.4, 0.5) is 11.5 Å². The van der Waals surface area contributed by atoms with E-state index >= 15 is 0 Å². The van der Waals surface area contributed by atoms with Crippen molar-refractivity contribution in [3.05, 3.63) is 46.9 Å². The lowest BCUT2D eigenvalue weighted by atomic mass is 10.1. The molecule has 0 unspecified atom stereocenters. The summed E-state index contributed by atoms with van der Waals surface area (Å²) in [5.74, 6) is 0.191. The number of aromatic nitrogens is 2. The Hall–Kier alpha value is -3.00. The van der Waals surface area contributed by atoms with E-state index in [9.17, 15) is 9.59 Å². The predicted octanol–water partition coefficient (Wildman–Crippen LogP) is 1.64. The maximum absolute atomic E-state index is 11.9. The molecule has 0 bridgehead atoms.